The van der Waals surface area contributed by atoms with Crippen LogP contribution in [0.25, 0.3) is 0 Å². The van der Waals surface area contributed by atoms with Crippen LogP contribution in [0.2, 0.25) is 0 Å². The highest BCUT2D eigenvalue weighted by Crippen LogP contribution is 2.22. The average Bonchev–Trinajstić information content (AvgIpc) is 2.13. The molecule has 1 N–H and O–H groups in total. The number of benzene rings is 1. The van der Waals surface area contributed by atoms with Crippen molar-refractivity contribution < 1.29 is 13.5 Å². The molecule has 4 heteroatoms. The first-order chi connectivity index (χ1) is 8.08. The molecule has 1 aromatic carbocycles. The van der Waals surface area contributed by atoms with Crippen molar-refractivity contribution >= 4 is 9.84 Å². The lowest BCUT2D eigenvalue weighted by atomic mass is 9.86. The van der Waals surface area contributed by atoms with E-state index in [1.807, 2.05) is 24.3 Å². The van der Waals surface area contributed by atoms with E-state index < -0.39 is 15.9 Å². The van der Waals surface area contributed by atoms with E-state index >= 15 is 0 Å². The molecule has 0 spiro atoms. The monoisotopic (exact) mass is 270 g/mol. The molecule has 0 aliphatic carbocycles. The van der Waals surface area contributed by atoms with Crippen LogP contribution in [0, 0.1) is 0 Å². The first-order valence-corrected chi connectivity index (χ1v) is 8.09. The number of aliphatic hydroxyl groups excluding tert-OH is 1. The van der Waals surface area contributed by atoms with Crippen LogP contribution in [0.4, 0.5) is 0 Å². The van der Waals surface area contributed by atoms with E-state index in [0.29, 0.717) is 6.42 Å². The van der Waals surface area contributed by atoms with E-state index in [9.17, 15) is 13.5 Å². The Bertz CT molecular complexity index is 481. The van der Waals surface area contributed by atoms with Gasteiger partial charge in [-0.25, -0.2) is 8.42 Å². The van der Waals surface area contributed by atoms with Gasteiger partial charge in [0, 0.05) is 6.26 Å². The second kappa shape index (κ2) is 5.41. The van der Waals surface area contributed by atoms with Crippen molar-refractivity contribution in [1.82, 2.24) is 0 Å². The second-order valence-electron chi connectivity index (χ2n) is 5.90. The summed E-state index contributed by atoms with van der Waals surface area (Å²) in [5, 5.41) is 9.69. The van der Waals surface area contributed by atoms with Crippen LogP contribution < -0.4 is 0 Å². The molecule has 0 heterocycles. The van der Waals surface area contributed by atoms with Crippen LogP contribution in [0.5, 0.6) is 0 Å². The Morgan fingerprint density at radius 1 is 1.17 bits per heavy atom. The van der Waals surface area contributed by atoms with Crippen LogP contribution in [0.1, 0.15) is 31.9 Å². The van der Waals surface area contributed by atoms with Crippen molar-refractivity contribution in [2.24, 2.45) is 0 Å². The maximum atomic E-state index is 11.1. The molecule has 0 radical (unpaired) electrons. The first kappa shape index (κ1) is 15.2. The molecule has 1 unspecified atom stereocenters. The Labute approximate surface area is 110 Å². The third-order valence-corrected chi connectivity index (χ3v) is 3.78. The minimum absolute atomic E-state index is 0.101. The molecule has 3 nitrogen and oxygen atoms in total. The molecule has 1 rings (SSSR count). The molecular formula is C14H22O3S. The van der Waals surface area contributed by atoms with Gasteiger partial charge in [0.25, 0.3) is 0 Å². The normalized spacial score (nSPS) is 14.5. The van der Waals surface area contributed by atoms with E-state index in [1.165, 1.54) is 5.56 Å². The molecule has 18 heavy (non-hydrogen) atoms. The van der Waals surface area contributed by atoms with Crippen LogP contribution in [-0.2, 0) is 21.7 Å². The summed E-state index contributed by atoms with van der Waals surface area (Å²) in [6.07, 6.45) is 0.677. The minimum Gasteiger partial charge on any atom is -0.392 e. The van der Waals surface area contributed by atoms with E-state index in [1.54, 1.807) is 0 Å². The molecule has 1 aromatic rings. The van der Waals surface area contributed by atoms with Gasteiger partial charge in [0.05, 0.1) is 11.9 Å². The molecule has 0 aliphatic rings. The molecule has 0 aliphatic heterocycles. The molecule has 1 atom stereocenters. The largest absolute Gasteiger partial charge is 0.392 e. The van der Waals surface area contributed by atoms with Crippen molar-refractivity contribution in [3.8, 4) is 0 Å². The summed E-state index contributed by atoms with van der Waals surface area (Å²) >= 11 is 0. The lowest BCUT2D eigenvalue weighted by Crippen LogP contribution is -2.22. The summed E-state index contributed by atoms with van der Waals surface area (Å²) < 4.78 is 22.1. The predicted octanol–water partition coefficient (Wildman–Crippen LogP) is 1.93. The van der Waals surface area contributed by atoms with Gasteiger partial charge in [-0.15, -0.1) is 0 Å². The number of sulfone groups is 1. The smallest absolute Gasteiger partial charge is 0.150 e. The van der Waals surface area contributed by atoms with Crippen molar-refractivity contribution in [1.29, 1.82) is 0 Å². The maximum absolute atomic E-state index is 11.1. The Balaban J connectivity index is 2.70. The Morgan fingerprint density at radius 2 is 1.67 bits per heavy atom. The van der Waals surface area contributed by atoms with Crippen LogP contribution in [0.15, 0.2) is 24.3 Å². The number of hydrogen-bond donors (Lipinski definition) is 1. The summed E-state index contributed by atoms with van der Waals surface area (Å²) in [5.41, 5.74) is 2.28. The quantitative estimate of drug-likeness (QED) is 0.909. The number of hydrogen-bond acceptors (Lipinski definition) is 3. The Hall–Kier alpha value is -0.870. The third-order valence-electron chi connectivity index (χ3n) is 2.79. The van der Waals surface area contributed by atoms with Gasteiger partial charge in [0.1, 0.15) is 9.84 Å². The van der Waals surface area contributed by atoms with Gasteiger partial charge in [-0.2, -0.15) is 0 Å². The van der Waals surface area contributed by atoms with Gasteiger partial charge in [0.15, 0.2) is 0 Å². The molecular weight excluding hydrogens is 248 g/mol. The fourth-order valence-electron chi connectivity index (χ4n) is 1.82. The van der Waals surface area contributed by atoms with E-state index in [0.717, 1.165) is 11.8 Å². The van der Waals surface area contributed by atoms with E-state index in [-0.39, 0.29) is 11.2 Å². The summed E-state index contributed by atoms with van der Waals surface area (Å²) in [4.78, 5) is 0. The van der Waals surface area contributed by atoms with Crippen LogP contribution >= 0.6 is 0 Å². The molecule has 102 valence electrons. The molecule has 0 saturated heterocycles. The van der Waals surface area contributed by atoms with Gasteiger partial charge in [0.2, 0.25) is 0 Å². The van der Waals surface area contributed by atoms with Gasteiger partial charge in [-0.05, 0) is 23.0 Å². The first-order valence-electron chi connectivity index (χ1n) is 6.03. The molecule has 0 fully saturated rings. The highest BCUT2D eigenvalue weighted by Gasteiger charge is 2.15. The van der Waals surface area contributed by atoms with Gasteiger partial charge in [-0.3, -0.25) is 0 Å². The van der Waals surface area contributed by atoms with Gasteiger partial charge < -0.3 is 5.11 Å². The zero-order valence-electron chi connectivity index (χ0n) is 11.5. The third kappa shape index (κ3) is 5.19. The molecule has 0 saturated carbocycles. The number of rotatable bonds is 4. The minimum atomic E-state index is -3.12. The SMILES string of the molecule is CC(C)(C)c1ccc(CC(O)CS(C)(=O)=O)cc1. The summed E-state index contributed by atoms with van der Waals surface area (Å²) in [5.74, 6) is -0.186. The molecule has 0 aromatic heterocycles. The standard InChI is InChI=1S/C14H22O3S/c1-14(2,3)12-7-5-11(6-8-12)9-13(15)10-18(4,16)17/h5-8,13,15H,9-10H2,1-4H3. The van der Waals surface area contributed by atoms with Crippen LogP contribution in [0.3, 0.4) is 0 Å². The summed E-state index contributed by atoms with van der Waals surface area (Å²) in [6.45, 7) is 6.42. The highest BCUT2D eigenvalue weighted by atomic mass is 32.2. The lowest BCUT2D eigenvalue weighted by Gasteiger charge is -2.19. The summed E-state index contributed by atoms with van der Waals surface area (Å²) in [7, 11) is -3.12. The zero-order chi connectivity index (χ0) is 14.0. The fraction of sp³-hybridized carbons (Fsp3) is 0.571. The van der Waals surface area contributed by atoms with Gasteiger partial charge >= 0.3 is 0 Å². The van der Waals surface area contributed by atoms with Gasteiger partial charge in [-0.1, -0.05) is 45.0 Å². The van der Waals surface area contributed by atoms with E-state index in [4.69, 9.17) is 0 Å². The lowest BCUT2D eigenvalue weighted by molar-refractivity contribution is 0.198. The van der Waals surface area contributed by atoms with E-state index in [2.05, 4.69) is 20.8 Å². The molecule has 0 bridgehead atoms. The molecule has 0 amide bonds. The van der Waals surface area contributed by atoms with Crippen molar-refractivity contribution in [3.63, 3.8) is 0 Å². The topological polar surface area (TPSA) is 54.4 Å². The van der Waals surface area contributed by atoms with Crippen molar-refractivity contribution in [2.45, 2.75) is 38.7 Å². The van der Waals surface area contributed by atoms with Crippen LogP contribution in [-0.4, -0.2) is 31.6 Å². The zero-order valence-corrected chi connectivity index (χ0v) is 12.3. The maximum Gasteiger partial charge on any atom is 0.150 e. The predicted molar refractivity (Wildman–Crippen MR) is 74.6 cm³/mol. The number of aliphatic hydroxyl groups is 1. The Kier molecular flexibility index (Phi) is 4.56. The Morgan fingerprint density at radius 3 is 2.06 bits per heavy atom. The average molecular weight is 270 g/mol. The second-order valence-corrected chi connectivity index (χ2v) is 8.08. The summed E-state index contributed by atoms with van der Waals surface area (Å²) in [6, 6.07) is 7.96. The fourth-order valence-corrected chi connectivity index (χ4v) is 2.64. The highest BCUT2D eigenvalue weighted by molar-refractivity contribution is 7.90. The van der Waals surface area contributed by atoms with Crippen molar-refractivity contribution in [3.05, 3.63) is 35.4 Å². The van der Waals surface area contributed by atoms with Crippen molar-refractivity contribution in [2.75, 3.05) is 12.0 Å².